The maximum absolute atomic E-state index is 12.2. The monoisotopic (exact) mass is 307 g/mol. The van der Waals surface area contributed by atoms with Crippen LogP contribution in [0.1, 0.15) is 0 Å². The molecule has 110 valence electrons. The van der Waals surface area contributed by atoms with Crippen LogP contribution in [0.15, 0.2) is 46.3 Å². The zero-order valence-electron chi connectivity index (χ0n) is 10.9. The van der Waals surface area contributed by atoms with Gasteiger partial charge in [-0.25, -0.2) is 17.9 Å². The Morgan fingerprint density at radius 2 is 2.05 bits per heavy atom. The third-order valence-electron chi connectivity index (χ3n) is 2.99. The molecular weight excluding hydrogens is 294 g/mol. The van der Waals surface area contributed by atoms with Crippen LogP contribution >= 0.6 is 0 Å². The molecule has 3 aromatic rings. The van der Waals surface area contributed by atoms with Crippen molar-refractivity contribution in [2.75, 3.05) is 6.54 Å². The molecule has 0 saturated carbocycles. The van der Waals surface area contributed by atoms with Crippen LogP contribution in [0, 0.1) is 0 Å². The minimum Gasteiger partial charge on any atom is -0.306 e. The zero-order valence-corrected chi connectivity index (χ0v) is 11.7. The summed E-state index contributed by atoms with van der Waals surface area (Å²) in [6, 6.07) is 6.19. The second-order valence-corrected chi connectivity index (χ2v) is 6.22. The Morgan fingerprint density at radius 1 is 1.24 bits per heavy atom. The van der Waals surface area contributed by atoms with Crippen LogP contribution in [0.2, 0.25) is 0 Å². The van der Waals surface area contributed by atoms with Crippen molar-refractivity contribution in [3.8, 4) is 0 Å². The smallest absolute Gasteiger partial charge is 0.306 e. The molecule has 0 bridgehead atoms. The van der Waals surface area contributed by atoms with Gasteiger partial charge in [0.05, 0.1) is 22.5 Å². The van der Waals surface area contributed by atoms with Gasteiger partial charge in [-0.3, -0.25) is 4.68 Å². The highest BCUT2D eigenvalue weighted by Gasteiger charge is 2.14. The van der Waals surface area contributed by atoms with Crippen molar-refractivity contribution in [3.63, 3.8) is 0 Å². The molecule has 3 rings (SSSR count). The second kappa shape index (κ2) is 5.19. The van der Waals surface area contributed by atoms with Crippen LogP contribution in [0.4, 0.5) is 0 Å². The molecule has 0 radical (unpaired) electrons. The summed E-state index contributed by atoms with van der Waals surface area (Å²) in [7, 11) is -3.62. The van der Waals surface area contributed by atoms with Crippen LogP contribution in [0.3, 0.4) is 0 Å². The predicted octanol–water partition coefficient (Wildman–Crippen LogP) is 0.0312. The molecule has 1 aromatic carbocycles. The lowest BCUT2D eigenvalue weighted by Crippen LogP contribution is -2.27. The number of nitrogens with one attached hydrogen (secondary N) is 3. The molecule has 0 unspecified atom stereocenters. The van der Waals surface area contributed by atoms with Crippen molar-refractivity contribution in [3.05, 3.63) is 47.1 Å². The fraction of sp³-hybridized carbons (Fsp3) is 0.167. The van der Waals surface area contributed by atoms with E-state index in [0.29, 0.717) is 17.6 Å². The van der Waals surface area contributed by atoms with E-state index in [-0.39, 0.29) is 17.1 Å². The number of nitrogens with zero attached hydrogens (tertiary/aromatic N) is 2. The van der Waals surface area contributed by atoms with Gasteiger partial charge >= 0.3 is 5.69 Å². The molecule has 0 spiro atoms. The van der Waals surface area contributed by atoms with Gasteiger partial charge < -0.3 is 9.97 Å². The summed E-state index contributed by atoms with van der Waals surface area (Å²) in [6.45, 7) is 0.668. The molecule has 8 nitrogen and oxygen atoms in total. The average molecular weight is 307 g/mol. The molecule has 0 aliphatic heterocycles. The molecule has 0 fully saturated rings. The van der Waals surface area contributed by atoms with Crippen LogP contribution in [0.25, 0.3) is 11.0 Å². The van der Waals surface area contributed by atoms with Crippen molar-refractivity contribution in [1.82, 2.24) is 24.5 Å². The Balaban J connectivity index is 1.77. The third kappa shape index (κ3) is 2.88. The van der Waals surface area contributed by atoms with Crippen LogP contribution in [-0.2, 0) is 16.6 Å². The number of fused-ring (bicyclic) bond motifs is 1. The number of H-pyrrole nitrogens is 2. The predicted molar refractivity (Wildman–Crippen MR) is 76.3 cm³/mol. The number of sulfonamides is 1. The Kier molecular flexibility index (Phi) is 3.35. The van der Waals surface area contributed by atoms with E-state index < -0.39 is 10.0 Å². The normalized spacial score (nSPS) is 12.0. The van der Waals surface area contributed by atoms with Gasteiger partial charge in [0.1, 0.15) is 0 Å². The highest BCUT2D eigenvalue weighted by atomic mass is 32.2. The van der Waals surface area contributed by atoms with Crippen LogP contribution in [-0.4, -0.2) is 34.7 Å². The first-order valence-corrected chi connectivity index (χ1v) is 7.72. The van der Waals surface area contributed by atoms with E-state index in [1.54, 1.807) is 29.2 Å². The first-order chi connectivity index (χ1) is 10.0. The lowest BCUT2D eigenvalue weighted by Gasteiger charge is -2.07. The minimum atomic E-state index is -3.62. The molecule has 0 saturated heterocycles. The van der Waals surface area contributed by atoms with Crippen molar-refractivity contribution in [1.29, 1.82) is 0 Å². The van der Waals surface area contributed by atoms with Crippen LogP contribution in [0.5, 0.6) is 0 Å². The summed E-state index contributed by atoms with van der Waals surface area (Å²) < 4.78 is 28.5. The maximum Gasteiger partial charge on any atom is 0.323 e. The topological polar surface area (TPSA) is 113 Å². The molecule has 0 aliphatic rings. The van der Waals surface area contributed by atoms with Gasteiger partial charge in [-0.05, 0) is 24.3 Å². The van der Waals surface area contributed by atoms with Crippen LogP contribution < -0.4 is 10.4 Å². The zero-order chi connectivity index (χ0) is 14.9. The fourth-order valence-corrected chi connectivity index (χ4v) is 3.04. The molecule has 2 aromatic heterocycles. The van der Waals surface area contributed by atoms with Crippen molar-refractivity contribution >= 4 is 21.1 Å². The molecule has 21 heavy (non-hydrogen) atoms. The van der Waals surface area contributed by atoms with E-state index in [1.807, 2.05) is 0 Å². The summed E-state index contributed by atoms with van der Waals surface area (Å²) in [5.74, 6) is 0. The first kappa shape index (κ1) is 13.6. The Labute approximate surface area is 119 Å². The summed E-state index contributed by atoms with van der Waals surface area (Å²) in [6.07, 6.45) is 3.38. The molecule has 9 heteroatoms. The minimum absolute atomic E-state index is 0.103. The average Bonchev–Trinajstić information content (AvgIpc) is 3.05. The number of rotatable bonds is 5. The standard InChI is InChI=1S/C12H13N5O3S/c18-12-15-10-3-2-9(8-11(10)16-12)21(19,20)14-5-7-17-6-1-4-13-17/h1-4,6,8,14H,5,7H2,(H2,15,16,18). The first-order valence-electron chi connectivity index (χ1n) is 6.24. The lowest BCUT2D eigenvalue weighted by molar-refractivity contribution is 0.561. The Bertz CT molecular complexity index is 908. The summed E-state index contributed by atoms with van der Waals surface area (Å²) in [5.41, 5.74) is 0.650. The van der Waals surface area contributed by atoms with E-state index in [9.17, 15) is 13.2 Å². The number of benzene rings is 1. The third-order valence-corrected chi connectivity index (χ3v) is 4.45. The van der Waals surface area contributed by atoms with E-state index in [0.717, 1.165) is 0 Å². The fourth-order valence-electron chi connectivity index (χ4n) is 1.99. The van der Waals surface area contributed by atoms with Crippen molar-refractivity contribution < 1.29 is 8.42 Å². The summed E-state index contributed by atoms with van der Waals surface area (Å²) >= 11 is 0. The van der Waals surface area contributed by atoms with Crippen molar-refractivity contribution in [2.45, 2.75) is 11.4 Å². The highest BCUT2D eigenvalue weighted by molar-refractivity contribution is 7.89. The van der Waals surface area contributed by atoms with E-state index in [2.05, 4.69) is 19.8 Å². The second-order valence-electron chi connectivity index (χ2n) is 4.45. The van der Waals surface area contributed by atoms with E-state index >= 15 is 0 Å². The number of hydrogen-bond donors (Lipinski definition) is 3. The molecule has 2 heterocycles. The Hall–Kier alpha value is -2.39. The van der Waals surface area contributed by atoms with Gasteiger partial charge in [-0.15, -0.1) is 0 Å². The van der Waals surface area contributed by atoms with Crippen molar-refractivity contribution in [2.24, 2.45) is 0 Å². The summed E-state index contributed by atoms with van der Waals surface area (Å²) in [5, 5.41) is 3.99. The summed E-state index contributed by atoms with van der Waals surface area (Å²) in [4.78, 5) is 16.4. The number of aromatic amines is 2. The highest BCUT2D eigenvalue weighted by Crippen LogP contribution is 2.14. The largest absolute Gasteiger partial charge is 0.323 e. The quantitative estimate of drug-likeness (QED) is 0.617. The van der Waals surface area contributed by atoms with Gasteiger partial charge in [-0.2, -0.15) is 5.10 Å². The van der Waals surface area contributed by atoms with E-state index in [4.69, 9.17) is 0 Å². The maximum atomic E-state index is 12.2. The molecule has 3 N–H and O–H groups in total. The van der Waals surface area contributed by atoms with E-state index in [1.165, 1.54) is 12.1 Å². The van der Waals surface area contributed by atoms with Gasteiger partial charge in [0, 0.05) is 18.9 Å². The molecular formula is C12H13N5O3S. The Morgan fingerprint density at radius 3 is 2.81 bits per heavy atom. The number of hydrogen-bond acceptors (Lipinski definition) is 4. The SMILES string of the molecule is O=c1[nH]c2ccc(S(=O)(=O)NCCn3cccn3)cc2[nH]1. The molecule has 0 aliphatic carbocycles. The van der Waals surface area contributed by atoms with Gasteiger partial charge in [0.25, 0.3) is 0 Å². The van der Waals surface area contributed by atoms with Gasteiger partial charge in [-0.1, -0.05) is 0 Å². The van der Waals surface area contributed by atoms with Gasteiger partial charge in [0.2, 0.25) is 10.0 Å². The molecule has 0 amide bonds. The number of aromatic nitrogens is 4. The lowest BCUT2D eigenvalue weighted by atomic mass is 10.3. The number of imidazole rings is 1. The van der Waals surface area contributed by atoms with Gasteiger partial charge in [0.15, 0.2) is 0 Å². The molecule has 0 atom stereocenters.